The van der Waals surface area contributed by atoms with Crippen molar-refractivity contribution < 1.29 is 14.4 Å². The fraction of sp³-hybridized carbons (Fsp3) is 0.348. The van der Waals surface area contributed by atoms with Gasteiger partial charge in [-0.15, -0.1) is 0 Å². The van der Waals surface area contributed by atoms with E-state index in [9.17, 15) is 9.90 Å². The summed E-state index contributed by atoms with van der Waals surface area (Å²) >= 11 is 0. The van der Waals surface area contributed by atoms with E-state index < -0.39 is 0 Å². The van der Waals surface area contributed by atoms with Crippen LogP contribution < -0.4 is 10.5 Å². The zero-order chi connectivity index (χ0) is 18.8. The average Bonchev–Trinajstić information content (AvgIpc) is 2.70. The fourth-order valence-corrected chi connectivity index (χ4v) is 4.40. The van der Waals surface area contributed by atoms with Crippen LogP contribution in [0.25, 0.3) is 22.1 Å². The molecular formula is C23H26NO3+. The summed E-state index contributed by atoms with van der Waals surface area (Å²) < 4.78 is 5.62. The van der Waals surface area contributed by atoms with Crippen molar-refractivity contribution >= 4 is 11.0 Å². The molecule has 1 aliphatic heterocycles. The maximum absolute atomic E-state index is 12.3. The molecule has 0 aliphatic carbocycles. The molecule has 1 unspecified atom stereocenters. The molecule has 1 aromatic heterocycles. The van der Waals surface area contributed by atoms with E-state index in [4.69, 9.17) is 4.42 Å². The van der Waals surface area contributed by atoms with Gasteiger partial charge in [-0.25, -0.2) is 4.79 Å². The number of benzene rings is 2. The first-order chi connectivity index (χ1) is 13.2. The van der Waals surface area contributed by atoms with Gasteiger partial charge in [0.15, 0.2) is 5.58 Å². The van der Waals surface area contributed by atoms with Crippen LogP contribution in [-0.4, -0.2) is 17.7 Å². The molecule has 2 heterocycles. The van der Waals surface area contributed by atoms with E-state index in [1.54, 1.807) is 12.1 Å². The number of phenols is 1. The fourth-order valence-electron chi connectivity index (χ4n) is 4.40. The standard InChI is InChI=1S/C23H25NO3/c1-2-17-10-6-7-13-24(17)15-20-21(25)12-11-18-19(14-22(26)27-23(18)20)16-8-4-3-5-9-16/h3-5,8-9,11-12,14,17,25H,2,6-7,10,13,15H2,1H3/p+1/t17-/m0/s1. The molecule has 27 heavy (non-hydrogen) atoms. The third-order valence-corrected chi connectivity index (χ3v) is 5.85. The largest absolute Gasteiger partial charge is 0.507 e. The van der Waals surface area contributed by atoms with Gasteiger partial charge in [-0.05, 0) is 48.9 Å². The molecular weight excluding hydrogens is 338 g/mol. The lowest BCUT2D eigenvalue weighted by Gasteiger charge is -2.32. The molecule has 3 aromatic rings. The lowest BCUT2D eigenvalue weighted by Crippen LogP contribution is -3.15. The molecule has 1 aliphatic rings. The minimum atomic E-state index is -0.381. The number of piperidine rings is 1. The summed E-state index contributed by atoms with van der Waals surface area (Å²) in [5, 5.41) is 11.4. The topological polar surface area (TPSA) is 54.9 Å². The molecule has 1 fully saturated rings. The van der Waals surface area contributed by atoms with Gasteiger partial charge in [-0.3, -0.25) is 0 Å². The Kier molecular flexibility index (Phi) is 4.99. The summed E-state index contributed by atoms with van der Waals surface area (Å²) in [6.07, 6.45) is 4.82. The second-order valence-corrected chi connectivity index (χ2v) is 7.47. The lowest BCUT2D eigenvalue weighted by atomic mass is 9.97. The Hall–Kier alpha value is -2.59. The number of quaternary nitrogens is 1. The Labute approximate surface area is 159 Å². The van der Waals surface area contributed by atoms with Crippen molar-refractivity contribution in [2.24, 2.45) is 0 Å². The minimum Gasteiger partial charge on any atom is -0.507 e. The van der Waals surface area contributed by atoms with E-state index in [2.05, 4.69) is 6.92 Å². The quantitative estimate of drug-likeness (QED) is 0.697. The summed E-state index contributed by atoms with van der Waals surface area (Å²) in [6, 6.07) is 15.6. The second kappa shape index (κ2) is 7.57. The van der Waals surface area contributed by atoms with Gasteiger partial charge in [0.05, 0.1) is 18.2 Å². The van der Waals surface area contributed by atoms with Crippen LogP contribution in [0.4, 0.5) is 0 Å². The number of fused-ring (bicyclic) bond motifs is 1. The van der Waals surface area contributed by atoms with Gasteiger partial charge in [0.25, 0.3) is 0 Å². The van der Waals surface area contributed by atoms with E-state index in [0.29, 0.717) is 18.2 Å². The highest BCUT2D eigenvalue weighted by Crippen LogP contribution is 2.32. The SMILES string of the molecule is CC[C@H]1CCCC[NH+]1Cc1c(O)ccc2c(-c3ccccc3)cc(=O)oc12. The zero-order valence-corrected chi connectivity index (χ0v) is 15.7. The number of phenolic OH excluding ortho intramolecular Hbond substituents is 1. The molecule has 1 saturated heterocycles. The van der Waals surface area contributed by atoms with Gasteiger partial charge in [0, 0.05) is 11.5 Å². The van der Waals surface area contributed by atoms with Crippen LogP contribution in [0.1, 0.15) is 38.2 Å². The normalized spacial score (nSPS) is 20.0. The number of aromatic hydroxyl groups is 1. The van der Waals surface area contributed by atoms with Crippen molar-refractivity contribution in [1.29, 1.82) is 0 Å². The van der Waals surface area contributed by atoms with E-state index >= 15 is 0 Å². The molecule has 4 nitrogen and oxygen atoms in total. The second-order valence-electron chi connectivity index (χ2n) is 7.47. The number of rotatable bonds is 4. The summed E-state index contributed by atoms with van der Waals surface area (Å²) in [4.78, 5) is 13.8. The Balaban J connectivity index is 1.85. The zero-order valence-electron chi connectivity index (χ0n) is 15.7. The predicted molar refractivity (Wildman–Crippen MR) is 107 cm³/mol. The molecule has 140 valence electrons. The summed E-state index contributed by atoms with van der Waals surface area (Å²) in [5.74, 6) is 0.212. The number of likely N-dealkylation sites (tertiary alicyclic amines) is 1. The first kappa shape index (κ1) is 17.8. The van der Waals surface area contributed by atoms with Crippen LogP contribution in [0.15, 0.2) is 57.7 Å². The van der Waals surface area contributed by atoms with Crippen LogP contribution in [0.2, 0.25) is 0 Å². The minimum absolute atomic E-state index is 0.212. The van der Waals surface area contributed by atoms with E-state index in [0.717, 1.165) is 35.0 Å². The van der Waals surface area contributed by atoms with Gasteiger partial charge in [0.1, 0.15) is 12.3 Å². The third kappa shape index (κ3) is 3.50. The average molecular weight is 364 g/mol. The van der Waals surface area contributed by atoms with Crippen LogP contribution in [-0.2, 0) is 6.54 Å². The van der Waals surface area contributed by atoms with Gasteiger partial charge in [-0.1, -0.05) is 37.3 Å². The van der Waals surface area contributed by atoms with Crippen LogP contribution in [0, 0.1) is 0 Å². The van der Waals surface area contributed by atoms with E-state index in [1.165, 1.54) is 24.2 Å². The Bertz CT molecular complexity index is 994. The molecule has 0 radical (unpaired) electrons. The van der Waals surface area contributed by atoms with Gasteiger partial charge < -0.3 is 14.4 Å². The summed E-state index contributed by atoms with van der Waals surface area (Å²) in [5.41, 5.74) is 2.72. The van der Waals surface area contributed by atoms with Gasteiger partial charge >= 0.3 is 5.63 Å². The Morgan fingerprint density at radius 2 is 1.96 bits per heavy atom. The molecule has 4 rings (SSSR count). The van der Waals surface area contributed by atoms with Gasteiger partial charge in [0.2, 0.25) is 0 Å². The predicted octanol–water partition coefficient (Wildman–Crippen LogP) is 3.51. The highest BCUT2D eigenvalue weighted by Gasteiger charge is 2.27. The maximum atomic E-state index is 12.3. The molecule has 0 amide bonds. The molecule has 0 bridgehead atoms. The summed E-state index contributed by atoms with van der Waals surface area (Å²) in [6.45, 7) is 4.01. The smallest absolute Gasteiger partial charge is 0.336 e. The van der Waals surface area contributed by atoms with Crippen molar-refractivity contribution in [2.45, 2.75) is 45.2 Å². The molecule has 2 N–H and O–H groups in total. The number of hydrogen-bond donors (Lipinski definition) is 2. The molecule has 0 saturated carbocycles. The first-order valence-electron chi connectivity index (χ1n) is 9.86. The van der Waals surface area contributed by atoms with Crippen molar-refractivity contribution in [3.8, 4) is 16.9 Å². The molecule has 2 aromatic carbocycles. The van der Waals surface area contributed by atoms with E-state index in [1.807, 2.05) is 36.4 Å². The molecule has 0 spiro atoms. The van der Waals surface area contributed by atoms with Crippen LogP contribution >= 0.6 is 0 Å². The monoisotopic (exact) mass is 364 g/mol. The number of hydrogen-bond acceptors (Lipinski definition) is 3. The Morgan fingerprint density at radius 3 is 2.74 bits per heavy atom. The Morgan fingerprint density at radius 1 is 1.15 bits per heavy atom. The maximum Gasteiger partial charge on any atom is 0.336 e. The van der Waals surface area contributed by atoms with Crippen LogP contribution in [0.3, 0.4) is 0 Å². The highest BCUT2D eigenvalue weighted by molar-refractivity contribution is 5.95. The van der Waals surface area contributed by atoms with Crippen molar-refractivity contribution in [1.82, 2.24) is 0 Å². The van der Waals surface area contributed by atoms with E-state index in [-0.39, 0.29) is 11.4 Å². The van der Waals surface area contributed by atoms with Crippen molar-refractivity contribution in [3.05, 3.63) is 64.5 Å². The lowest BCUT2D eigenvalue weighted by molar-refractivity contribution is -0.944. The highest BCUT2D eigenvalue weighted by atomic mass is 16.4. The molecule has 2 atom stereocenters. The first-order valence-corrected chi connectivity index (χ1v) is 9.86. The van der Waals surface area contributed by atoms with Gasteiger partial charge in [-0.2, -0.15) is 0 Å². The van der Waals surface area contributed by atoms with Crippen molar-refractivity contribution in [2.75, 3.05) is 6.54 Å². The van der Waals surface area contributed by atoms with Crippen molar-refractivity contribution in [3.63, 3.8) is 0 Å². The molecule has 4 heteroatoms. The summed E-state index contributed by atoms with van der Waals surface area (Å²) in [7, 11) is 0. The third-order valence-electron chi connectivity index (χ3n) is 5.85. The van der Waals surface area contributed by atoms with Crippen LogP contribution in [0.5, 0.6) is 5.75 Å². The number of nitrogens with one attached hydrogen (secondary N) is 1.